The van der Waals surface area contributed by atoms with Gasteiger partial charge in [-0.25, -0.2) is 0 Å². The maximum absolute atomic E-state index is 11.7. The zero-order valence-corrected chi connectivity index (χ0v) is 12.2. The van der Waals surface area contributed by atoms with Gasteiger partial charge in [-0.3, -0.25) is 4.79 Å². The average molecular weight is 260 g/mol. The number of hydrogen-bond donors (Lipinski definition) is 1. The summed E-state index contributed by atoms with van der Waals surface area (Å²) in [5.41, 5.74) is 0. The summed E-state index contributed by atoms with van der Waals surface area (Å²) >= 11 is 0. The number of rotatable bonds is 11. The quantitative estimate of drug-likeness (QED) is 0.559. The summed E-state index contributed by atoms with van der Waals surface area (Å²) in [5, 5.41) is 3.26. The van der Waals surface area contributed by atoms with Gasteiger partial charge in [-0.1, -0.05) is 13.3 Å². The third-order valence-electron chi connectivity index (χ3n) is 2.71. The number of methoxy groups -OCH3 is 1. The lowest BCUT2D eigenvalue weighted by molar-refractivity contribution is -0.145. The lowest BCUT2D eigenvalue weighted by Gasteiger charge is -2.20. The van der Waals surface area contributed by atoms with E-state index in [0.717, 1.165) is 39.1 Å². The second-order valence-corrected chi connectivity index (χ2v) is 4.34. The van der Waals surface area contributed by atoms with Crippen LogP contribution in [0.15, 0.2) is 0 Å². The Morgan fingerprint density at radius 3 is 2.61 bits per heavy atom. The van der Waals surface area contributed by atoms with Gasteiger partial charge >= 0.3 is 5.97 Å². The first-order valence-corrected chi connectivity index (χ1v) is 6.73. The van der Waals surface area contributed by atoms with Crippen LogP contribution in [0, 0.1) is 0 Å². The Morgan fingerprint density at radius 1 is 1.33 bits per heavy atom. The van der Waals surface area contributed by atoms with E-state index in [-0.39, 0.29) is 12.0 Å². The van der Waals surface area contributed by atoms with Gasteiger partial charge in [0.15, 0.2) is 0 Å². The third kappa shape index (κ3) is 8.44. The first kappa shape index (κ1) is 17.4. The standard InChI is InChI=1S/C13H28N2O3/c1-5-7-12(13(16)18-6-2)14-8-9-15(3)10-11-17-4/h12,14H,5-11H2,1-4H3. The highest BCUT2D eigenvalue weighted by Gasteiger charge is 2.17. The van der Waals surface area contributed by atoms with Gasteiger partial charge in [-0.05, 0) is 20.4 Å². The molecule has 5 nitrogen and oxygen atoms in total. The molecule has 1 unspecified atom stereocenters. The molecule has 5 heteroatoms. The summed E-state index contributed by atoms with van der Waals surface area (Å²) in [6, 6.07) is -0.175. The molecule has 0 saturated heterocycles. The molecule has 1 atom stereocenters. The molecule has 0 aliphatic heterocycles. The first-order valence-electron chi connectivity index (χ1n) is 6.73. The van der Waals surface area contributed by atoms with Gasteiger partial charge in [0.1, 0.15) is 6.04 Å². The molecule has 0 fully saturated rings. The summed E-state index contributed by atoms with van der Waals surface area (Å²) in [4.78, 5) is 13.8. The van der Waals surface area contributed by atoms with E-state index in [9.17, 15) is 4.79 Å². The second kappa shape index (κ2) is 11.4. The van der Waals surface area contributed by atoms with Crippen molar-refractivity contribution in [2.75, 3.05) is 47.0 Å². The molecule has 0 spiro atoms. The largest absolute Gasteiger partial charge is 0.465 e. The van der Waals surface area contributed by atoms with Gasteiger partial charge in [0.2, 0.25) is 0 Å². The summed E-state index contributed by atoms with van der Waals surface area (Å²) in [6.07, 6.45) is 1.79. The minimum atomic E-state index is -0.175. The number of hydrogen-bond acceptors (Lipinski definition) is 5. The number of ether oxygens (including phenoxy) is 2. The highest BCUT2D eigenvalue weighted by atomic mass is 16.5. The van der Waals surface area contributed by atoms with E-state index in [1.54, 1.807) is 7.11 Å². The van der Waals surface area contributed by atoms with E-state index < -0.39 is 0 Å². The molecule has 0 aromatic rings. The van der Waals surface area contributed by atoms with Crippen LogP contribution in [0.4, 0.5) is 0 Å². The van der Waals surface area contributed by atoms with E-state index in [1.165, 1.54) is 0 Å². The predicted molar refractivity (Wildman–Crippen MR) is 72.7 cm³/mol. The molecule has 18 heavy (non-hydrogen) atoms. The molecule has 0 aliphatic carbocycles. The molecule has 0 radical (unpaired) electrons. The Balaban J connectivity index is 3.85. The molecule has 0 rings (SSSR count). The molecule has 1 N–H and O–H groups in total. The van der Waals surface area contributed by atoms with Crippen molar-refractivity contribution in [3.05, 3.63) is 0 Å². The molecule has 108 valence electrons. The SMILES string of the molecule is CCCC(NCCN(C)CCOC)C(=O)OCC. The molecule has 0 saturated carbocycles. The Kier molecular flexibility index (Phi) is 11.0. The van der Waals surface area contributed by atoms with Crippen LogP contribution in [0.1, 0.15) is 26.7 Å². The number of esters is 1. The molecule has 0 aromatic heterocycles. The van der Waals surface area contributed by atoms with Gasteiger partial charge in [0.25, 0.3) is 0 Å². The average Bonchev–Trinajstić information content (AvgIpc) is 2.35. The second-order valence-electron chi connectivity index (χ2n) is 4.34. The van der Waals surface area contributed by atoms with E-state index in [2.05, 4.69) is 17.1 Å². The van der Waals surface area contributed by atoms with Crippen molar-refractivity contribution in [2.45, 2.75) is 32.7 Å². The van der Waals surface area contributed by atoms with E-state index in [4.69, 9.17) is 9.47 Å². The Morgan fingerprint density at radius 2 is 2.06 bits per heavy atom. The Bertz CT molecular complexity index is 212. The van der Waals surface area contributed by atoms with Crippen LogP contribution in [0.3, 0.4) is 0 Å². The normalized spacial score (nSPS) is 12.7. The van der Waals surface area contributed by atoms with Gasteiger partial charge in [0.05, 0.1) is 13.2 Å². The van der Waals surface area contributed by atoms with Gasteiger partial charge in [-0.15, -0.1) is 0 Å². The van der Waals surface area contributed by atoms with E-state index in [0.29, 0.717) is 6.61 Å². The highest BCUT2D eigenvalue weighted by Crippen LogP contribution is 1.99. The van der Waals surface area contributed by atoms with Crippen LogP contribution in [-0.4, -0.2) is 63.9 Å². The maximum atomic E-state index is 11.7. The monoisotopic (exact) mass is 260 g/mol. The fraction of sp³-hybridized carbons (Fsp3) is 0.923. The van der Waals surface area contributed by atoms with Crippen LogP contribution in [0.5, 0.6) is 0 Å². The number of likely N-dealkylation sites (N-methyl/N-ethyl adjacent to an activating group) is 1. The van der Waals surface area contributed by atoms with Gasteiger partial charge in [0, 0.05) is 26.7 Å². The zero-order valence-electron chi connectivity index (χ0n) is 12.2. The van der Waals surface area contributed by atoms with Crippen molar-refractivity contribution in [1.82, 2.24) is 10.2 Å². The first-order chi connectivity index (χ1) is 8.65. The number of nitrogens with zero attached hydrogens (tertiary/aromatic N) is 1. The van der Waals surface area contributed by atoms with E-state index >= 15 is 0 Å². The van der Waals surface area contributed by atoms with Crippen LogP contribution in [0.2, 0.25) is 0 Å². The third-order valence-corrected chi connectivity index (χ3v) is 2.71. The minimum Gasteiger partial charge on any atom is -0.465 e. The molecule has 0 bridgehead atoms. The lowest BCUT2D eigenvalue weighted by atomic mass is 10.1. The molecule has 0 heterocycles. The van der Waals surface area contributed by atoms with Gasteiger partial charge in [-0.2, -0.15) is 0 Å². The fourth-order valence-electron chi connectivity index (χ4n) is 1.62. The Labute approximate surface area is 111 Å². The molecule has 0 aliphatic rings. The van der Waals surface area contributed by atoms with Crippen molar-refractivity contribution in [1.29, 1.82) is 0 Å². The Hall–Kier alpha value is -0.650. The lowest BCUT2D eigenvalue weighted by Crippen LogP contribution is -2.42. The van der Waals surface area contributed by atoms with Gasteiger partial charge < -0.3 is 19.7 Å². The fourth-order valence-corrected chi connectivity index (χ4v) is 1.62. The van der Waals surface area contributed by atoms with Crippen LogP contribution in [-0.2, 0) is 14.3 Å². The molecule has 0 aromatic carbocycles. The van der Waals surface area contributed by atoms with Crippen molar-refractivity contribution in [3.63, 3.8) is 0 Å². The smallest absolute Gasteiger partial charge is 0.323 e. The van der Waals surface area contributed by atoms with Crippen LogP contribution in [0.25, 0.3) is 0 Å². The van der Waals surface area contributed by atoms with Crippen molar-refractivity contribution in [2.24, 2.45) is 0 Å². The molecular weight excluding hydrogens is 232 g/mol. The molecular formula is C13H28N2O3. The van der Waals surface area contributed by atoms with Crippen LogP contribution >= 0.6 is 0 Å². The number of carbonyl (C=O) groups is 1. The summed E-state index contributed by atoms with van der Waals surface area (Å²) in [6.45, 7) is 7.64. The van der Waals surface area contributed by atoms with E-state index in [1.807, 2.05) is 14.0 Å². The van der Waals surface area contributed by atoms with Crippen molar-refractivity contribution < 1.29 is 14.3 Å². The zero-order chi connectivity index (χ0) is 13.8. The van der Waals surface area contributed by atoms with Crippen LogP contribution < -0.4 is 5.32 Å². The topological polar surface area (TPSA) is 50.8 Å². The summed E-state index contributed by atoms with van der Waals surface area (Å²) < 4.78 is 10.1. The maximum Gasteiger partial charge on any atom is 0.323 e. The molecule has 0 amide bonds. The minimum absolute atomic E-state index is 0.140. The summed E-state index contributed by atoms with van der Waals surface area (Å²) in [7, 11) is 3.74. The number of carbonyl (C=O) groups excluding carboxylic acids is 1. The highest BCUT2D eigenvalue weighted by molar-refractivity contribution is 5.75. The van der Waals surface area contributed by atoms with Crippen molar-refractivity contribution in [3.8, 4) is 0 Å². The summed E-state index contributed by atoms with van der Waals surface area (Å²) in [5.74, 6) is -0.140. The number of nitrogens with one attached hydrogen (secondary N) is 1. The van der Waals surface area contributed by atoms with Crippen molar-refractivity contribution >= 4 is 5.97 Å². The predicted octanol–water partition coefficient (Wildman–Crippen LogP) is 0.886.